The highest BCUT2D eigenvalue weighted by atomic mass is 19.1. The van der Waals surface area contributed by atoms with Crippen LogP contribution in [0.3, 0.4) is 0 Å². The molecule has 1 N–H and O–H groups in total. The van der Waals surface area contributed by atoms with Crippen LogP contribution in [0.2, 0.25) is 0 Å². The van der Waals surface area contributed by atoms with E-state index in [0.29, 0.717) is 6.54 Å². The number of halogens is 2. The monoisotopic (exact) mass is 255 g/mol. The fraction of sp³-hybridized carbons (Fsp3) is 0.308. The largest absolute Gasteiger partial charge is 0.465 e. The summed E-state index contributed by atoms with van der Waals surface area (Å²) in [5.74, 6) is -2.09. The molecule has 0 aliphatic carbocycles. The molecule has 0 saturated heterocycles. The molecule has 98 valence electrons. The fourth-order valence-electron chi connectivity index (χ4n) is 1.48. The van der Waals surface area contributed by atoms with E-state index in [1.165, 1.54) is 12.1 Å². The van der Waals surface area contributed by atoms with Crippen LogP contribution >= 0.6 is 0 Å². The Balaban J connectivity index is 3.00. The number of carbonyl (C=O) groups is 1. The van der Waals surface area contributed by atoms with Crippen molar-refractivity contribution in [3.05, 3.63) is 48.1 Å². The quantitative estimate of drug-likeness (QED) is 0.626. The van der Waals surface area contributed by atoms with Gasteiger partial charge in [-0.05, 0) is 13.0 Å². The topological polar surface area (TPSA) is 38.3 Å². The molecule has 0 aliphatic rings. The molecule has 5 heteroatoms. The fourth-order valence-corrected chi connectivity index (χ4v) is 1.48. The number of rotatable bonds is 6. The molecule has 3 nitrogen and oxygen atoms in total. The van der Waals surface area contributed by atoms with Gasteiger partial charge in [-0.1, -0.05) is 12.1 Å². The van der Waals surface area contributed by atoms with Gasteiger partial charge in [-0.2, -0.15) is 0 Å². The molecule has 0 amide bonds. The predicted octanol–water partition coefficient (Wildman–Crippen LogP) is 2.34. The van der Waals surface area contributed by atoms with Gasteiger partial charge in [0.2, 0.25) is 0 Å². The molecule has 1 aromatic carbocycles. The van der Waals surface area contributed by atoms with E-state index in [4.69, 9.17) is 4.74 Å². The third kappa shape index (κ3) is 3.63. The van der Waals surface area contributed by atoms with Crippen LogP contribution in [0.5, 0.6) is 0 Å². The average molecular weight is 255 g/mol. The van der Waals surface area contributed by atoms with Crippen LogP contribution < -0.4 is 5.32 Å². The molecular weight excluding hydrogens is 240 g/mol. The highest BCUT2D eigenvalue weighted by Gasteiger charge is 2.24. The number of esters is 1. The summed E-state index contributed by atoms with van der Waals surface area (Å²) in [6.45, 7) is 5.65. The lowest BCUT2D eigenvalue weighted by atomic mass is 10.1. The van der Waals surface area contributed by atoms with Crippen molar-refractivity contribution in [1.29, 1.82) is 0 Å². The van der Waals surface area contributed by atoms with Gasteiger partial charge in [0.1, 0.15) is 17.7 Å². The molecule has 0 aromatic heterocycles. The second kappa shape index (κ2) is 6.86. The second-order valence-electron chi connectivity index (χ2n) is 3.55. The van der Waals surface area contributed by atoms with Gasteiger partial charge in [-0.3, -0.25) is 5.32 Å². The summed E-state index contributed by atoms with van der Waals surface area (Å²) < 4.78 is 31.3. The Kier molecular flexibility index (Phi) is 5.45. The van der Waals surface area contributed by atoms with Gasteiger partial charge < -0.3 is 4.74 Å². The van der Waals surface area contributed by atoms with E-state index in [0.717, 1.165) is 12.1 Å². The maximum atomic E-state index is 13.6. The Morgan fingerprint density at radius 1 is 1.56 bits per heavy atom. The lowest BCUT2D eigenvalue weighted by Gasteiger charge is -2.17. The third-order valence-corrected chi connectivity index (χ3v) is 2.26. The van der Waals surface area contributed by atoms with E-state index in [9.17, 15) is 13.6 Å². The van der Waals surface area contributed by atoms with Gasteiger partial charge in [0, 0.05) is 18.2 Å². The summed E-state index contributed by atoms with van der Waals surface area (Å²) in [4.78, 5) is 11.7. The molecule has 0 aliphatic heterocycles. The number of carbonyl (C=O) groups excluding carboxylic acids is 1. The zero-order chi connectivity index (χ0) is 13.5. The van der Waals surface area contributed by atoms with Crippen molar-refractivity contribution in [2.45, 2.75) is 13.0 Å². The van der Waals surface area contributed by atoms with Crippen LogP contribution in [0.15, 0.2) is 30.9 Å². The van der Waals surface area contributed by atoms with Gasteiger partial charge >= 0.3 is 5.97 Å². The van der Waals surface area contributed by atoms with Gasteiger partial charge in [0.25, 0.3) is 0 Å². The molecular formula is C13H15F2NO2. The Morgan fingerprint density at radius 3 is 2.83 bits per heavy atom. The summed E-state index contributed by atoms with van der Waals surface area (Å²) in [6, 6.07) is 2.09. The molecule has 18 heavy (non-hydrogen) atoms. The minimum atomic E-state index is -0.969. The summed E-state index contributed by atoms with van der Waals surface area (Å²) in [7, 11) is 0. The van der Waals surface area contributed by atoms with E-state index >= 15 is 0 Å². The number of benzene rings is 1. The maximum absolute atomic E-state index is 13.6. The standard InChI is InChI=1S/C13H15F2NO2/c1-3-7-16-12(13(17)18-4-2)10-6-5-9(14)8-11(10)15/h3,5-6,8,12,16H,1,4,7H2,2H3. The van der Waals surface area contributed by atoms with Crippen molar-refractivity contribution in [3.63, 3.8) is 0 Å². The second-order valence-corrected chi connectivity index (χ2v) is 3.55. The molecule has 0 spiro atoms. The van der Waals surface area contributed by atoms with Crippen LogP contribution in [0.1, 0.15) is 18.5 Å². The first-order chi connectivity index (χ1) is 8.60. The molecule has 0 bridgehead atoms. The maximum Gasteiger partial charge on any atom is 0.327 e. The molecule has 1 atom stereocenters. The Labute approximate surface area is 104 Å². The first kappa shape index (κ1) is 14.3. The SMILES string of the molecule is C=CCNC(C(=O)OCC)c1ccc(F)cc1F. The third-order valence-electron chi connectivity index (χ3n) is 2.26. The van der Waals surface area contributed by atoms with Crippen LogP contribution in [0.25, 0.3) is 0 Å². The summed E-state index contributed by atoms with van der Waals surface area (Å²) in [5, 5.41) is 2.78. The summed E-state index contributed by atoms with van der Waals surface area (Å²) in [5.41, 5.74) is 0.0525. The van der Waals surface area contributed by atoms with Gasteiger partial charge in [-0.15, -0.1) is 6.58 Å². The Morgan fingerprint density at radius 2 is 2.28 bits per heavy atom. The van der Waals surface area contributed by atoms with Crippen molar-refractivity contribution in [2.75, 3.05) is 13.2 Å². The van der Waals surface area contributed by atoms with Crippen molar-refractivity contribution < 1.29 is 18.3 Å². The van der Waals surface area contributed by atoms with Crippen molar-refractivity contribution in [2.24, 2.45) is 0 Å². The predicted molar refractivity (Wildman–Crippen MR) is 63.9 cm³/mol. The molecule has 1 rings (SSSR count). The molecule has 0 radical (unpaired) electrons. The van der Waals surface area contributed by atoms with Crippen LogP contribution in [0.4, 0.5) is 8.78 Å². The minimum Gasteiger partial charge on any atom is -0.465 e. The zero-order valence-corrected chi connectivity index (χ0v) is 10.1. The molecule has 1 unspecified atom stereocenters. The lowest BCUT2D eigenvalue weighted by molar-refractivity contribution is -0.145. The van der Waals surface area contributed by atoms with Gasteiger partial charge in [0.15, 0.2) is 0 Å². The van der Waals surface area contributed by atoms with Crippen LogP contribution in [-0.2, 0) is 9.53 Å². The van der Waals surface area contributed by atoms with Crippen LogP contribution in [-0.4, -0.2) is 19.1 Å². The first-order valence-corrected chi connectivity index (χ1v) is 5.56. The lowest BCUT2D eigenvalue weighted by Crippen LogP contribution is -2.31. The summed E-state index contributed by atoms with van der Waals surface area (Å²) in [6.07, 6.45) is 1.54. The smallest absolute Gasteiger partial charge is 0.327 e. The van der Waals surface area contributed by atoms with Crippen LogP contribution in [0, 0.1) is 11.6 Å². The minimum absolute atomic E-state index is 0.0525. The first-order valence-electron chi connectivity index (χ1n) is 5.56. The van der Waals surface area contributed by atoms with Gasteiger partial charge in [-0.25, -0.2) is 13.6 Å². The number of ether oxygens (including phenoxy) is 1. The van der Waals surface area contributed by atoms with E-state index in [1.807, 2.05) is 0 Å². The van der Waals surface area contributed by atoms with Crippen molar-refractivity contribution in [3.8, 4) is 0 Å². The van der Waals surface area contributed by atoms with Crippen molar-refractivity contribution >= 4 is 5.97 Å². The highest BCUT2D eigenvalue weighted by molar-refractivity contribution is 5.77. The Hall–Kier alpha value is -1.75. The molecule has 0 saturated carbocycles. The van der Waals surface area contributed by atoms with E-state index < -0.39 is 23.6 Å². The molecule has 0 heterocycles. The van der Waals surface area contributed by atoms with E-state index in [2.05, 4.69) is 11.9 Å². The van der Waals surface area contributed by atoms with E-state index in [1.54, 1.807) is 6.92 Å². The molecule has 0 fully saturated rings. The zero-order valence-electron chi connectivity index (χ0n) is 10.1. The van der Waals surface area contributed by atoms with Gasteiger partial charge in [0.05, 0.1) is 6.61 Å². The highest BCUT2D eigenvalue weighted by Crippen LogP contribution is 2.19. The number of hydrogen-bond acceptors (Lipinski definition) is 3. The normalized spacial score (nSPS) is 11.9. The van der Waals surface area contributed by atoms with Crippen molar-refractivity contribution in [1.82, 2.24) is 5.32 Å². The number of hydrogen-bond donors (Lipinski definition) is 1. The van der Waals surface area contributed by atoms with E-state index in [-0.39, 0.29) is 12.2 Å². The Bertz CT molecular complexity index is 435. The average Bonchev–Trinajstić information content (AvgIpc) is 2.32. The number of nitrogens with one attached hydrogen (secondary N) is 1. The molecule has 1 aromatic rings. The summed E-state index contributed by atoms with van der Waals surface area (Å²) >= 11 is 0.